The van der Waals surface area contributed by atoms with Crippen molar-refractivity contribution < 1.29 is 13.9 Å². The minimum Gasteiger partial charge on any atom is -0.481 e. The zero-order valence-corrected chi connectivity index (χ0v) is 12.0. The van der Waals surface area contributed by atoms with Gasteiger partial charge in [-0.3, -0.25) is 4.79 Å². The maximum absolute atomic E-state index is 13.3. The summed E-state index contributed by atoms with van der Waals surface area (Å²) in [5.41, 5.74) is 1.79. The highest BCUT2D eigenvalue weighted by atomic mass is 19.1. The van der Waals surface area contributed by atoms with Crippen molar-refractivity contribution in [2.24, 2.45) is 0 Å². The van der Waals surface area contributed by atoms with Gasteiger partial charge in [0.15, 0.2) is 18.2 Å². The summed E-state index contributed by atoms with van der Waals surface area (Å²) in [6, 6.07) is 7.89. The van der Waals surface area contributed by atoms with Crippen molar-refractivity contribution in [2.45, 2.75) is 25.3 Å². The van der Waals surface area contributed by atoms with Gasteiger partial charge in [0.05, 0.1) is 12.2 Å². The molecule has 1 heterocycles. The number of halogens is 1. The number of ether oxygens (including phenoxy) is 1. The van der Waals surface area contributed by atoms with Gasteiger partial charge in [-0.2, -0.15) is 0 Å². The Hall–Kier alpha value is -2.50. The summed E-state index contributed by atoms with van der Waals surface area (Å²) >= 11 is 0. The number of nitrogens with one attached hydrogen (secondary N) is 1. The summed E-state index contributed by atoms with van der Waals surface area (Å²) in [6.45, 7) is 0.0726. The smallest absolute Gasteiger partial charge is 0.258 e. The largest absolute Gasteiger partial charge is 0.481 e. The summed E-state index contributed by atoms with van der Waals surface area (Å²) in [6.07, 6.45) is 3.85. The maximum Gasteiger partial charge on any atom is 0.258 e. The number of hydrogen-bond acceptors (Lipinski definition) is 4. The van der Waals surface area contributed by atoms with Gasteiger partial charge < -0.3 is 10.1 Å². The van der Waals surface area contributed by atoms with Gasteiger partial charge in [0.1, 0.15) is 6.33 Å². The molecule has 0 aliphatic heterocycles. The predicted molar refractivity (Wildman–Crippen MR) is 77.7 cm³/mol. The Bertz CT molecular complexity index is 674. The molecule has 114 valence electrons. The Labute approximate surface area is 127 Å². The molecule has 6 heteroatoms. The normalized spacial score (nSPS) is 13.7. The fourth-order valence-corrected chi connectivity index (χ4v) is 2.06. The molecule has 22 heavy (non-hydrogen) atoms. The van der Waals surface area contributed by atoms with E-state index in [0.29, 0.717) is 12.5 Å². The van der Waals surface area contributed by atoms with E-state index >= 15 is 0 Å². The van der Waals surface area contributed by atoms with Crippen molar-refractivity contribution in [1.82, 2.24) is 15.3 Å². The van der Waals surface area contributed by atoms with Gasteiger partial charge in [0, 0.05) is 11.6 Å². The van der Waals surface area contributed by atoms with Crippen LogP contribution >= 0.6 is 0 Å². The van der Waals surface area contributed by atoms with Crippen LogP contribution in [0, 0.1) is 5.82 Å². The van der Waals surface area contributed by atoms with E-state index in [1.54, 1.807) is 12.1 Å². The fraction of sp³-hybridized carbons (Fsp3) is 0.312. The Balaban J connectivity index is 1.48. The van der Waals surface area contributed by atoms with Crippen LogP contribution in [0.3, 0.4) is 0 Å². The van der Waals surface area contributed by atoms with Crippen molar-refractivity contribution >= 4 is 5.91 Å². The Morgan fingerprint density at radius 3 is 2.91 bits per heavy atom. The molecule has 1 fully saturated rings. The molecule has 1 aromatic carbocycles. The van der Waals surface area contributed by atoms with Crippen LogP contribution in [0.25, 0.3) is 0 Å². The van der Waals surface area contributed by atoms with E-state index in [2.05, 4.69) is 15.3 Å². The number of hydrogen-bond donors (Lipinski definition) is 1. The first-order chi connectivity index (χ1) is 10.7. The number of para-hydroxylation sites is 1. The second-order valence-corrected chi connectivity index (χ2v) is 5.20. The minimum absolute atomic E-state index is 0.0655. The quantitative estimate of drug-likeness (QED) is 0.888. The van der Waals surface area contributed by atoms with Crippen LogP contribution < -0.4 is 10.1 Å². The van der Waals surface area contributed by atoms with Gasteiger partial charge in [-0.15, -0.1) is 0 Å². The highest BCUT2D eigenvalue weighted by Crippen LogP contribution is 2.38. The molecular weight excluding hydrogens is 285 g/mol. The van der Waals surface area contributed by atoms with E-state index in [9.17, 15) is 9.18 Å². The van der Waals surface area contributed by atoms with Crippen LogP contribution in [-0.2, 0) is 11.3 Å². The fourth-order valence-electron chi connectivity index (χ4n) is 2.06. The van der Waals surface area contributed by atoms with E-state index in [4.69, 9.17) is 4.74 Å². The second-order valence-electron chi connectivity index (χ2n) is 5.20. The van der Waals surface area contributed by atoms with Crippen LogP contribution in [0.15, 0.2) is 36.7 Å². The molecule has 1 aromatic heterocycles. The summed E-state index contributed by atoms with van der Waals surface area (Å²) in [5.74, 6) is -0.201. The van der Waals surface area contributed by atoms with Crippen LogP contribution in [0.5, 0.6) is 5.75 Å². The first kappa shape index (κ1) is 14.4. The van der Waals surface area contributed by atoms with Gasteiger partial charge >= 0.3 is 0 Å². The van der Waals surface area contributed by atoms with Crippen molar-refractivity contribution in [3.63, 3.8) is 0 Å². The lowest BCUT2D eigenvalue weighted by Gasteiger charge is -2.08. The van der Waals surface area contributed by atoms with Gasteiger partial charge in [-0.1, -0.05) is 12.1 Å². The summed E-state index contributed by atoms with van der Waals surface area (Å²) in [4.78, 5) is 20.1. The Kier molecular flexibility index (Phi) is 4.27. The summed E-state index contributed by atoms with van der Waals surface area (Å²) in [7, 11) is 0. The Morgan fingerprint density at radius 2 is 2.14 bits per heavy atom. The Morgan fingerprint density at radius 1 is 1.32 bits per heavy atom. The third kappa shape index (κ3) is 3.78. The monoisotopic (exact) mass is 301 g/mol. The van der Waals surface area contributed by atoms with Crippen molar-refractivity contribution in [3.05, 3.63) is 53.9 Å². The number of rotatable bonds is 6. The third-order valence-electron chi connectivity index (χ3n) is 3.40. The average Bonchev–Trinajstić information content (AvgIpc) is 3.37. The maximum atomic E-state index is 13.3. The van der Waals surface area contributed by atoms with E-state index in [-0.39, 0.29) is 18.3 Å². The number of carbonyl (C=O) groups is 1. The molecule has 2 aromatic rings. The van der Waals surface area contributed by atoms with Crippen LogP contribution in [-0.4, -0.2) is 22.5 Å². The molecule has 1 amide bonds. The molecule has 5 nitrogen and oxygen atoms in total. The van der Waals surface area contributed by atoms with Crippen LogP contribution in [0.1, 0.15) is 30.1 Å². The lowest BCUT2D eigenvalue weighted by atomic mass is 10.2. The number of nitrogens with zero attached hydrogens (tertiary/aromatic N) is 2. The molecule has 1 saturated carbocycles. The third-order valence-corrected chi connectivity index (χ3v) is 3.40. The van der Waals surface area contributed by atoms with Crippen LogP contribution in [0.2, 0.25) is 0 Å². The van der Waals surface area contributed by atoms with E-state index in [1.807, 2.05) is 6.07 Å². The van der Waals surface area contributed by atoms with E-state index in [0.717, 1.165) is 11.4 Å². The number of amides is 1. The molecule has 0 radical (unpaired) electrons. The average molecular weight is 301 g/mol. The summed E-state index contributed by atoms with van der Waals surface area (Å²) in [5, 5.41) is 2.70. The molecule has 0 bridgehead atoms. The van der Waals surface area contributed by atoms with Crippen molar-refractivity contribution in [3.8, 4) is 5.75 Å². The highest BCUT2D eigenvalue weighted by molar-refractivity contribution is 5.77. The molecule has 0 saturated heterocycles. The molecule has 3 rings (SSSR count). The van der Waals surface area contributed by atoms with E-state index in [1.165, 1.54) is 31.3 Å². The summed E-state index contributed by atoms with van der Waals surface area (Å²) < 4.78 is 18.5. The van der Waals surface area contributed by atoms with Crippen molar-refractivity contribution in [2.75, 3.05) is 6.61 Å². The molecule has 0 spiro atoms. The minimum atomic E-state index is -0.486. The molecular formula is C16H16FN3O2. The highest BCUT2D eigenvalue weighted by Gasteiger charge is 2.25. The zero-order valence-electron chi connectivity index (χ0n) is 12.0. The SMILES string of the molecule is O=C(COc1ccccc1F)NCc1cc(C2CC2)ncn1. The van der Waals surface area contributed by atoms with Gasteiger partial charge in [-0.05, 0) is 31.0 Å². The topological polar surface area (TPSA) is 64.1 Å². The molecule has 0 unspecified atom stereocenters. The standard InChI is InChI=1S/C16H16FN3O2/c17-13-3-1-2-4-15(13)22-9-16(21)18-8-12-7-14(11-5-6-11)20-10-19-12/h1-4,7,10-11H,5-6,8-9H2,(H,18,21). The van der Waals surface area contributed by atoms with Crippen LogP contribution in [0.4, 0.5) is 4.39 Å². The predicted octanol–water partition coefficient (Wildman–Crippen LogP) is 2.19. The zero-order chi connectivity index (χ0) is 15.4. The molecule has 1 aliphatic carbocycles. The van der Waals surface area contributed by atoms with Gasteiger partial charge in [-0.25, -0.2) is 14.4 Å². The molecule has 1 N–H and O–H groups in total. The first-order valence-corrected chi connectivity index (χ1v) is 7.17. The van der Waals surface area contributed by atoms with E-state index < -0.39 is 5.82 Å². The lowest BCUT2D eigenvalue weighted by molar-refractivity contribution is -0.123. The number of carbonyl (C=O) groups excluding carboxylic acids is 1. The van der Waals surface area contributed by atoms with Gasteiger partial charge in [0.2, 0.25) is 0 Å². The lowest BCUT2D eigenvalue weighted by Crippen LogP contribution is -2.29. The molecule has 0 atom stereocenters. The molecule has 1 aliphatic rings. The number of benzene rings is 1. The van der Waals surface area contributed by atoms with Crippen molar-refractivity contribution in [1.29, 1.82) is 0 Å². The second kappa shape index (κ2) is 6.51. The first-order valence-electron chi connectivity index (χ1n) is 7.17. The van der Waals surface area contributed by atoms with Gasteiger partial charge in [0.25, 0.3) is 5.91 Å². The number of aromatic nitrogens is 2.